The predicted octanol–water partition coefficient (Wildman–Crippen LogP) is 4.27. The molecule has 1 aromatic heterocycles. The minimum atomic E-state index is 0. The third-order valence-electron chi connectivity index (χ3n) is 6.78. The SMILES string of the molecule is CN=C(NCc1ccc(N2CCC(C)CC2)nc1)NC1CCN(Cc2ccccc2)CC1.I. The molecule has 0 spiro atoms. The molecule has 0 atom stereocenters. The van der Waals surface area contributed by atoms with Gasteiger partial charge in [-0.05, 0) is 48.8 Å². The third kappa shape index (κ3) is 7.84. The number of piperidine rings is 2. The fourth-order valence-electron chi connectivity index (χ4n) is 4.60. The summed E-state index contributed by atoms with van der Waals surface area (Å²) in [7, 11) is 1.85. The highest BCUT2D eigenvalue weighted by Gasteiger charge is 2.20. The summed E-state index contributed by atoms with van der Waals surface area (Å²) in [4.78, 5) is 14.1. The van der Waals surface area contributed by atoms with Crippen molar-refractivity contribution in [3.63, 3.8) is 0 Å². The summed E-state index contributed by atoms with van der Waals surface area (Å²) in [6, 6.07) is 15.6. The van der Waals surface area contributed by atoms with Crippen molar-refractivity contribution >= 4 is 35.8 Å². The summed E-state index contributed by atoms with van der Waals surface area (Å²) in [6.45, 7) is 8.58. The summed E-state index contributed by atoms with van der Waals surface area (Å²) in [5, 5.41) is 7.07. The topological polar surface area (TPSA) is 55.8 Å². The summed E-state index contributed by atoms with van der Waals surface area (Å²) >= 11 is 0. The predicted molar refractivity (Wildman–Crippen MR) is 148 cm³/mol. The molecule has 0 radical (unpaired) electrons. The maximum atomic E-state index is 4.71. The van der Waals surface area contributed by atoms with E-state index >= 15 is 0 Å². The van der Waals surface area contributed by atoms with Gasteiger partial charge in [0.2, 0.25) is 0 Å². The van der Waals surface area contributed by atoms with E-state index in [1.54, 1.807) is 0 Å². The zero-order chi connectivity index (χ0) is 22.2. The molecular weight excluding hydrogens is 523 g/mol. The van der Waals surface area contributed by atoms with Crippen LogP contribution < -0.4 is 15.5 Å². The quantitative estimate of drug-likeness (QED) is 0.313. The van der Waals surface area contributed by atoms with Gasteiger partial charge >= 0.3 is 0 Å². The molecule has 2 fully saturated rings. The zero-order valence-electron chi connectivity index (χ0n) is 20.0. The highest BCUT2D eigenvalue weighted by atomic mass is 127. The Bertz CT molecular complexity index is 841. The number of hydrogen-bond donors (Lipinski definition) is 2. The molecule has 3 heterocycles. The zero-order valence-corrected chi connectivity index (χ0v) is 22.4. The van der Waals surface area contributed by atoms with Gasteiger partial charge in [-0.1, -0.05) is 43.3 Å². The van der Waals surface area contributed by atoms with Crippen molar-refractivity contribution in [1.82, 2.24) is 20.5 Å². The van der Waals surface area contributed by atoms with Crippen molar-refractivity contribution in [2.75, 3.05) is 38.1 Å². The van der Waals surface area contributed by atoms with Crippen LogP contribution >= 0.6 is 24.0 Å². The highest BCUT2D eigenvalue weighted by Crippen LogP contribution is 2.21. The number of hydrogen-bond acceptors (Lipinski definition) is 4. The molecule has 0 bridgehead atoms. The van der Waals surface area contributed by atoms with Crippen LogP contribution in [0.15, 0.2) is 53.7 Å². The first-order valence-corrected chi connectivity index (χ1v) is 12.1. The third-order valence-corrected chi connectivity index (χ3v) is 6.78. The van der Waals surface area contributed by atoms with E-state index in [0.29, 0.717) is 6.04 Å². The van der Waals surface area contributed by atoms with E-state index in [9.17, 15) is 0 Å². The molecular formula is C26H39IN6. The van der Waals surface area contributed by atoms with E-state index in [0.717, 1.165) is 69.8 Å². The van der Waals surface area contributed by atoms with E-state index in [4.69, 9.17) is 4.98 Å². The van der Waals surface area contributed by atoms with Gasteiger partial charge in [0, 0.05) is 58.6 Å². The Morgan fingerprint density at radius 2 is 1.70 bits per heavy atom. The first-order valence-electron chi connectivity index (χ1n) is 12.1. The van der Waals surface area contributed by atoms with Gasteiger partial charge in [-0.15, -0.1) is 24.0 Å². The number of benzene rings is 1. The molecule has 180 valence electrons. The number of anilines is 1. The second-order valence-corrected chi connectivity index (χ2v) is 9.30. The molecule has 7 heteroatoms. The minimum Gasteiger partial charge on any atom is -0.357 e. The van der Waals surface area contributed by atoms with Crippen LogP contribution in [0.25, 0.3) is 0 Å². The van der Waals surface area contributed by atoms with Gasteiger partial charge < -0.3 is 15.5 Å². The van der Waals surface area contributed by atoms with E-state index in [-0.39, 0.29) is 24.0 Å². The Morgan fingerprint density at radius 3 is 2.33 bits per heavy atom. The van der Waals surface area contributed by atoms with E-state index in [2.05, 4.69) is 74.8 Å². The van der Waals surface area contributed by atoms with Crippen molar-refractivity contribution in [3.8, 4) is 0 Å². The molecule has 0 aliphatic carbocycles. The van der Waals surface area contributed by atoms with Crippen LogP contribution in [0.1, 0.15) is 43.7 Å². The first kappa shape index (κ1) is 25.7. The molecule has 0 saturated carbocycles. The largest absolute Gasteiger partial charge is 0.357 e. The summed E-state index contributed by atoms with van der Waals surface area (Å²) < 4.78 is 0. The fraction of sp³-hybridized carbons (Fsp3) is 0.538. The van der Waals surface area contributed by atoms with Gasteiger partial charge in [-0.25, -0.2) is 4.98 Å². The lowest BCUT2D eigenvalue weighted by atomic mass is 9.99. The molecule has 1 aromatic carbocycles. The number of likely N-dealkylation sites (tertiary alicyclic amines) is 1. The molecule has 2 saturated heterocycles. The molecule has 2 aliphatic heterocycles. The van der Waals surface area contributed by atoms with Crippen LogP contribution in [0, 0.1) is 5.92 Å². The maximum absolute atomic E-state index is 4.71. The second kappa shape index (κ2) is 13.1. The van der Waals surface area contributed by atoms with Crippen LogP contribution in [0.2, 0.25) is 0 Å². The number of nitrogens with one attached hydrogen (secondary N) is 2. The Kier molecular flexibility index (Phi) is 10.2. The van der Waals surface area contributed by atoms with Crippen molar-refractivity contribution in [2.24, 2.45) is 10.9 Å². The van der Waals surface area contributed by atoms with Crippen LogP contribution in [-0.4, -0.2) is 55.1 Å². The van der Waals surface area contributed by atoms with Gasteiger partial charge in [0.25, 0.3) is 0 Å². The van der Waals surface area contributed by atoms with Crippen LogP contribution in [-0.2, 0) is 13.1 Å². The van der Waals surface area contributed by atoms with Crippen molar-refractivity contribution < 1.29 is 0 Å². The highest BCUT2D eigenvalue weighted by molar-refractivity contribution is 14.0. The monoisotopic (exact) mass is 562 g/mol. The number of guanidine groups is 1. The average molecular weight is 563 g/mol. The average Bonchev–Trinajstić information content (AvgIpc) is 2.84. The maximum Gasteiger partial charge on any atom is 0.191 e. The molecule has 0 unspecified atom stereocenters. The lowest BCUT2D eigenvalue weighted by Crippen LogP contribution is -2.48. The van der Waals surface area contributed by atoms with Crippen molar-refractivity contribution in [1.29, 1.82) is 0 Å². The van der Waals surface area contributed by atoms with Crippen LogP contribution in [0.3, 0.4) is 0 Å². The number of nitrogens with zero attached hydrogens (tertiary/aromatic N) is 4. The lowest BCUT2D eigenvalue weighted by molar-refractivity contribution is 0.198. The second-order valence-electron chi connectivity index (χ2n) is 9.30. The normalized spacial score (nSPS) is 18.6. The molecule has 6 nitrogen and oxygen atoms in total. The molecule has 0 amide bonds. The van der Waals surface area contributed by atoms with Crippen LogP contribution in [0.4, 0.5) is 5.82 Å². The number of aromatic nitrogens is 1. The number of rotatable bonds is 6. The van der Waals surface area contributed by atoms with E-state index < -0.39 is 0 Å². The standard InChI is InChI=1S/C26H38N6.HI/c1-21-10-16-32(17-11-21)25-9-8-23(18-28-25)19-29-26(27-2)30-24-12-14-31(15-13-24)20-22-6-4-3-5-7-22;/h3-9,18,21,24H,10-17,19-20H2,1-2H3,(H2,27,29,30);1H. The van der Waals surface area contributed by atoms with Crippen molar-refractivity contribution in [2.45, 2.75) is 51.7 Å². The number of aliphatic imine (C=N–C) groups is 1. The van der Waals surface area contributed by atoms with Crippen LogP contribution in [0.5, 0.6) is 0 Å². The lowest BCUT2D eigenvalue weighted by Gasteiger charge is -2.33. The Balaban J connectivity index is 0.00000306. The van der Waals surface area contributed by atoms with Gasteiger partial charge in [-0.3, -0.25) is 9.89 Å². The van der Waals surface area contributed by atoms with E-state index in [1.807, 2.05) is 13.2 Å². The van der Waals surface area contributed by atoms with Gasteiger partial charge in [0.1, 0.15) is 5.82 Å². The smallest absolute Gasteiger partial charge is 0.191 e. The summed E-state index contributed by atoms with van der Waals surface area (Å²) in [6.07, 6.45) is 6.79. The van der Waals surface area contributed by atoms with Gasteiger partial charge in [0.05, 0.1) is 0 Å². The molecule has 33 heavy (non-hydrogen) atoms. The van der Waals surface area contributed by atoms with Gasteiger partial charge in [-0.2, -0.15) is 0 Å². The van der Waals surface area contributed by atoms with Crippen molar-refractivity contribution in [3.05, 3.63) is 59.8 Å². The number of halogens is 1. The molecule has 4 rings (SSSR count). The van der Waals surface area contributed by atoms with E-state index in [1.165, 1.54) is 24.0 Å². The molecule has 2 aromatic rings. The fourth-order valence-corrected chi connectivity index (χ4v) is 4.60. The summed E-state index contributed by atoms with van der Waals surface area (Å²) in [5.41, 5.74) is 2.57. The molecule has 2 N–H and O–H groups in total. The summed E-state index contributed by atoms with van der Waals surface area (Å²) in [5.74, 6) is 2.82. The Hall–Kier alpha value is -1.87. The number of pyridine rings is 1. The Morgan fingerprint density at radius 1 is 0.970 bits per heavy atom. The minimum absolute atomic E-state index is 0. The molecule has 2 aliphatic rings. The Labute approximate surface area is 216 Å². The van der Waals surface area contributed by atoms with Gasteiger partial charge in [0.15, 0.2) is 5.96 Å². The first-order chi connectivity index (χ1) is 15.7.